The number of pyridine rings is 1. The summed E-state index contributed by atoms with van der Waals surface area (Å²) < 4.78 is 6.86. The largest absolute Gasteiger partial charge is 2.00 e. The van der Waals surface area contributed by atoms with E-state index in [-0.39, 0.29) is 21.1 Å². The molecule has 0 spiro atoms. The molecule has 0 bridgehead atoms. The van der Waals surface area contributed by atoms with Crippen LogP contribution in [0.5, 0.6) is 0 Å². The van der Waals surface area contributed by atoms with Gasteiger partial charge in [0.15, 0.2) is 0 Å². The molecule has 5 rings (SSSR count). The van der Waals surface area contributed by atoms with Crippen LogP contribution in [0.25, 0.3) is 17.1 Å². The molecular weight excluding hydrogens is 555 g/mol. The topological polar surface area (TPSA) is 47.1 Å². The molecule has 3 aromatic heterocycles. The normalized spacial score (nSPS) is 10.4. The Morgan fingerprint density at radius 2 is 1.73 bits per heavy atom. The molecule has 0 amide bonds. The van der Waals surface area contributed by atoms with Crippen molar-refractivity contribution in [1.82, 2.24) is 14.7 Å². The smallest absolute Gasteiger partial charge is 0.436 e. The number of aromatic nitrogens is 3. The van der Waals surface area contributed by atoms with Crippen LogP contribution in [-0.2, 0) is 21.1 Å². The maximum atomic E-state index is 4.99. The molecule has 2 aromatic carbocycles. The summed E-state index contributed by atoms with van der Waals surface area (Å²) in [7, 11) is 0. The first-order valence-corrected chi connectivity index (χ1v) is 9.19. The number of benzene rings is 2. The number of rotatable bonds is 5. The molecule has 6 heteroatoms. The first-order chi connectivity index (χ1) is 14.4. The monoisotopic (exact) mass is 571 g/mol. The molecule has 148 valence electrons. The summed E-state index contributed by atoms with van der Waals surface area (Å²) in [5.74, 6) is 1.57. The predicted octanol–water partition coefficient (Wildman–Crippen LogP) is 5.59. The number of anilines is 3. The second kappa shape index (κ2) is 8.93. The van der Waals surface area contributed by atoms with Gasteiger partial charge in [-0.2, -0.15) is 6.07 Å². The van der Waals surface area contributed by atoms with Crippen LogP contribution in [-0.4, -0.2) is 14.7 Å². The van der Waals surface area contributed by atoms with Gasteiger partial charge in [-0.3, -0.25) is 4.98 Å². The second-order valence-electron chi connectivity index (χ2n) is 6.37. The average Bonchev–Trinajstić information content (AvgIpc) is 3.50. The van der Waals surface area contributed by atoms with Crippen LogP contribution in [0.3, 0.4) is 0 Å². The Hall–Kier alpha value is -3.43. The van der Waals surface area contributed by atoms with Gasteiger partial charge in [0.05, 0.1) is 5.82 Å². The van der Waals surface area contributed by atoms with E-state index in [9.17, 15) is 0 Å². The van der Waals surface area contributed by atoms with Crippen LogP contribution in [0, 0.1) is 12.3 Å². The number of para-hydroxylation sites is 1. The standard InChI is InChI=1S/C24H16N4O.Pt/c1-2-9-20(10-3-1)28(21-11-6-8-19(18-21)22-14-17-29-26-22)24-13-7-12-23(25-24)27-15-4-5-16-27;/h1-15,17H;/q-2;+2. The van der Waals surface area contributed by atoms with Crippen LogP contribution in [0.2, 0.25) is 0 Å². The Kier molecular flexibility index (Phi) is 5.91. The van der Waals surface area contributed by atoms with Crippen LogP contribution in [0.4, 0.5) is 17.2 Å². The Morgan fingerprint density at radius 1 is 0.867 bits per heavy atom. The fourth-order valence-electron chi connectivity index (χ4n) is 3.17. The third kappa shape index (κ3) is 3.98. The molecule has 0 N–H and O–H groups in total. The van der Waals surface area contributed by atoms with Crippen molar-refractivity contribution in [3.8, 4) is 17.1 Å². The summed E-state index contributed by atoms with van der Waals surface area (Å²) in [4.78, 5) is 6.93. The van der Waals surface area contributed by atoms with Gasteiger partial charge in [-0.15, -0.1) is 47.2 Å². The number of nitrogens with zero attached hydrogens (tertiary/aromatic N) is 4. The van der Waals surface area contributed by atoms with Crippen LogP contribution >= 0.6 is 0 Å². The van der Waals surface area contributed by atoms with Crippen molar-refractivity contribution in [2.45, 2.75) is 0 Å². The van der Waals surface area contributed by atoms with Crippen molar-refractivity contribution in [3.05, 3.63) is 110 Å². The quantitative estimate of drug-likeness (QED) is 0.258. The molecule has 0 aliphatic rings. The van der Waals surface area contributed by atoms with E-state index < -0.39 is 0 Å². The van der Waals surface area contributed by atoms with E-state index in [2.05, 4.69) is 22.3 Å². The minimum absolute atomic E-state index is 0. The molecule has 0 aliphatic carbocycles. The summed E-state index contributed by atoms with van der Waals surface area (Å²) in [6.07, 6.45) is 6.62. The molecule has 0 saturated carbocycles. The summed E-state index contributed by atoms with van der Waals surface area (Å²) in [6, 6.07) is 31.0. The third-order valence-electron chi connectivity index (χ3n) is 4.49. The van der Waals surface area contributed by atoms with Gasteiger partial charge in [-0.1, -0.05) is 36.5 Å². The van der Waals surface area contributed by atoms with Gasteiger partial charge in [-0.25, -0.2) is 0 Å². The van der Waals surface area contributed by atoms with Gasteiger partial charge < -0.3 is 14.0 Å². The zero-order valence-corrected chi connectivity index (χ0v) is 18.0. The fourth-order valence-corrected chi connectivity index (χ4v) is 3.17. The van der Waals surface area contributed by atoms with Crippen molar-refractivity contribution in [1.29, 1.82) is 0 Å². The van der Waals surface area contributed by atoms with E-state index in [1.807, 2.05) is 95.7 Å². The Morgan fingerprint density at radius 3 is 2.50 bits per heavy atom. The zero-order chi connectivity index (χ0) is 19.5. The molecule has 0 aliphatic heterocycles. The Labute approximate surface area is 188 Å². The minimum Gasteiger partial charge on any atom is -0.436 e. The van der Waals surface area contributed by atoms with Gasteiger partial charge in [0.25, 0.3) is 0 Å². The van der Waals surface area contributed by atoms with Crippen LogP contribution in [0.15, 0.2) is 102 Å². The first kappa shape index (κ1) is 19.9. The van der Waals surface area contributed by atoms with Crippen molar-refractivity contribution < 1.29 is 25.6 Å². The molecular formula is C24H16N4OPt. The summed E-state index contributed by atoms with van der Waals surface area (Å²) in [5.41, 5.74) is 3.44. The van der Waals surface area contributed by atoms with E-state index in [1.54, 1.807) is 6.26 Å². The predicted molar refractivity (Wildman–Crippen MR) is 111 cm³/mol. The Balaban J connectivity index is 0.00000218. The van der Waals surface area contributed by atoms with E-state index in [0.29, 0.717) is 0 Å². The molecule has 0 atom stereocenters. The van der Waals surface area contributed by atoms with Crippen molar-refractivity contribution in [3.63, 3.8) is 0 Å². The number of hydrogen-bond donors (Lipinski definition) is 0. The zero-order valence-electron chi connectivity index (χ0n) is 15.8. The Bertz CT molecular complexity index is 1130. The maximum Gasteiger partial charge on any atom is 2.00 e. The van der Waals surface area contributed by atoms with Gasteiger partial charge >= 0.3 is 21.1 Å². The van der Waals surface area contributed by atoms with E-state index in [0.717, 1.165) is 34.3 Å². The fraction of sp³-hybridized carbons (Fsp3) is 0. The third-order valence-corrected chi connectivity index (χ3v) is 4.49. The summed E-state index contributed by atoms with van der Waals surface area (Å²) in [5, 5.41) is 4.03. The van der Waals surface area contributed by atoms with E-state index >= 15 is 0 Å². The van der Waals surface area contributed by atoms with Gasteiger partial charge in [-0.05, 0) is 30.0 Å². The van der Waals surface area contributed by atoms with E-state index in [1.165, 1.54) is 0 Å². The molecule has 0 radical (unpaired) electrons. The van der Waals surface area contributed by atoms with Crippen molar-refractivity contribution in [2.24, 2.45) is 0 Å². The summed E-state index contributed by atoms with van der Waals surface area (Å²) >= 11 is 0. The SMILES string of the molecule is [Pt+2].[c-]1c(-c2ccon2)cccc1N(c1ccccc1)c1cccc(-n2[c-]ccc2)n1. The maximum absolute atomic E-state index is 4.99. The molecule has 30 heavy (non-hydrogen) atoms. The average molecular weight is 571 g/mol. The van der Waals surface area contributed by atoms with Crippen LogP contribution < -0.4 is 4.90 Å². The van der Waals surface area contributed by atoms with Gasteiger partial charge in [0, 0.05) is 11.4 Å². The summed E-state index contributed by atoms with van der Waals surface area (Å²) in [6.45, 7) is 0. The number of hydrogen-bond acceptors (Lipinski definition) is 4. The van der Waals surface area contributed by atoms with Crippen molar-refractivity contribution >= 4 is 17.2 Å². The van der Waals surface area contributed by atoms with Gasteiger partial charge in [0.1, 0.15) is 12.1 Å². The molecule has 3 heterocycles. The molecule has 5 aromatic rings. The first-order valence-electron chi connectivity index (χ1n) is 9.19. The molecule has 5 nitrogen and oxygen atoms in total. The molecule has 0 unspecified atom stereocenters. The van der Waals surface area contributed by atoms with Gasteiger partial charge in [0.2, 0.25) is 0 Å². The molecule has 0 fully saturated rings. The molecule has 0 saturated heterocycles. The second-order valence-corrected chi connectivity index (χ2v) is 6.37. The van der Waals surface area contributed by atoms with E-state index in [4.69, 9.17) is 9.51 Å². The van der Waals surface area contributed by atoms with Crippen LogP contribution in [0.1, 0.15) is 0 Å². The van der Waals surface area contributed by atoms with Crippen molar-refractivity contribution in [2.75, 3.05) is 4.90 Å². The minimum atomic E-state index is 0.